The molecule has 2 fully saturated rings. The van der Waals surface area contributed by atoms with Crippen molar-refractivity contribution in [1.29, 1.82) is 0 Å². The number of benzene rings is 2. The van der Waals surface area contributed by atoms with Crippen LogP contribution in [0.2, 0.25) is 0 Å². The molecule has 0 unspecified atom stereocenters. The van der Waals surface area contributed by atoms with E-state index in [1.165, 1.54) is 24.5 Å². The van der Waals surface area contributed by atoms with Gasteiger partial charge in [0.05, 0.1) is 16.9 Å². The standard InChI is InChI=1S/C36H33F2N7O4/c1-21-30(32(38)45(43-21)34-39-14-7-15-40-34)33(46)44-18-26-27(19-44)31(26)49-29-17-24(16-28(41-29)23-10-12-25(37)13-11-23)36(2,3)42-35(47)48-20-22-8-5-4-6-9-22/h4-17,26-27,31H,18-20H2,1-3H3,(H,42,47)/t26-,27+,31+. The highest BCUT2D eigenvalue weighted by Crippen LogP contribution is 2.48. The molecule has 1 saturated heterocycles. The number of nitrogens with one attached hydrogen (secondary N) is 1. The number of aromatic nitrogens is 5. The van der Waals surface area contributed by atoms with Crippen molar-refractivity contribution in [2.24, 2.45) is 11.8 Å². The molecule has 2 aromatic carbocycles. The average Bonchev–Trinajstić information content (AvgIpc) is 3.38. The average molecular weight is 666 g/mol. The third kappa shape index (κ3) is 6.56. The smallest absolute Gasteiger partial charge is 0.408 e. The van der Waals surface area contributed by atoms with E-state index < -0.39 is 23.5 Å². The Morgan fingerprint density at radius 3 is 2.35 bits per heavy atom. The molecule has 13 heteroatoms. The topological polar surface area (TPSA) is 124 Å². The van der Waals surface area contributed by atoms with E-state index >= 15 is 4.39 Å². The second-order valence-electron chi connectivity index (χ2n) is 12.7. The van der Waals surface area contributed by atoms with Crippen molar-refractivity contribution in [3.63, 3.8) is 0 Å². The van der Waals surface area contributed by atoms with Crippen LogP contribution in [0, 0.1) is 30.5 Å². The van der Waals surface area contributed by atoms with Crippen LogP contribution in [0.4, 0.5) is 13.6 Å². The molecule has 49 heavy (non-hydrogen) atoms. The van der Waals surface area contributed by atoms with Gasteiger partial charge < -0.3 is 19.7 Å². The fourth-order valence-corrected chi connectivity index (χ4v) is 6.17. The molecule has 7 rings (SSSR count). The summed E-state index contributed by atoms with van der Waals surface area (Å²) >= 11 is 0. The fraction of sp³-hybridized carbons (Fsp3) is 0.278. The van der Waals surface area contributed by atoms with E-state index in [1.54, 1.807) is 36.1 Å². The number of nitrogens with zero attached hydrogens (tertiary/aromatic N) is 6. The molecular formula is C36H33F2N7O4. The second kappa shape index (κ2) is 12.7. The van der Waals surface area contributed by atoms with Gasteiger partial charge in [0.25, 0.3) is 11.9 Å². The monoisotopic (exact) mass is 665 g/mol. The first-order valence-corrected chi connectivity index (χ1v) is 15.8. The molecular weight excluding hydrogens is 632 g/mol. The van der Waals surface area contributed by atoms with Gasteiger partial charge in [-0.2, -0.15) is 14.2 Å². The summed E-state index contributed by atoms with van der Waals surface area (Å²) in [4.78, 5) is 40.6. The largest absolute Gasteiger partial charge is 0.474 e. The van der Waals surface area contributed by atoms with E-state index in [1.807, 2.05) is 50.2 Å². The van der Waals surface area contributed by atoms with Gasteiger partial charge in [-0.05, 0) is 68.3 Å². The van der Waals surface area contributed by atoms with Gasteiger partial charge >= 0.3 is 6.09 Å². The summed E-state index contributed by atoms with van der Waals surface area (Å²) in [6.45, 7) is 6.14. The maximum absolute atomic E-state index is 15.4. The Kier molecular flexibility index (Phi) is 8.27. The minimum Gasteiger partial charge on any atom is -0.474 e. The summed E-state index contributed by atoms with van der Waals surface area (Å²) in [5.74, 6) is -1.22. The van der Waals surface area contributed by atoms with Crippen molar-refractivity contribution >= 4 is 12.0 Å². The highest BCUT2D eigenvalue weighted by Gasteiger charge is 2.59. The predicted molar refractivity (Wildman–Crippen MR) is 174 cm³/mol. The number of fused-ring (bicyclic) bond motifs is 1. The second-order valence-corrected chi connectivity index (χ2v) is 12.7. The van der Waals surface area contributed by atoms with E-state index in [9.17, 15) is 14.0 Å². The van der Waals surface area contributed by atoms with Gasteiger partial charge in [-0.1, -0.05) is 30.3 Å². The molecule has 0 radical (unpaired) electrons. The summed E-state index contributed by atoms with van der Waals surface area (Å²) in [5.41, 5.74) is 2.00. The molecule has 250 valence electrons. The Morgan fingerprint density at radius 1 is 0.959 bits per heavy atom. The van der Waals surface area contributed by atoms with Crippen LogP contribution in [0.15, 0.2) is 85.2 Å². The lowest BCUT2D eigenvalue weighted by atomic mass is 9.93. The van der Waals surface area contributed by atoms with Gasteiger partial charge in [0.15, 0.2) is 0 Å². The number of carbonyl (C=O) groups excluding carboxylic acids is 2. The van der Waals surface area contributed by atoms with Crippen LogP contribution >= 0.6 is 0 Å². The van der Waals surface area contributed by atoms with Crippen molar-refractivity contribution in [2.45, 2.75) is 39.0 Å². The number of alkyl carbamates (subject to hydrolysis) is 1. The van der Waals surface area contributed by atoms with Gasteiger partial charge in [-0.25, -0.2) is 24.1 Å². The van der Waals surface area contributed by atoms with Crippen molar-refractivity contribution in [3.05, 3.63) is 119 Å². The summed E-state index contributed by atoms with van der Waals surface area (Å²) in [6, 6.07) is 20.5. The maximum atomic E-state index is 15.4. The zero-order valence-corrected chi connectivity index (χ0v) is 27.0. The molecule has 0 bridgehead atoms. The van der Waals surface area contributed by atoms with Crippen LogP contribution in [0.25, 0.3) is 17.2 Å². The summed E-state index contributed by atoms with van der Waals surface area (Å²) < 4.78 is 41.9. The molecule has 2 amide bonds. The Morgan fingerprint density at radius 2 is 1.65 bits per heavy atom. The third-order valence-electron chi connectivity index (χ3n) is 8.91. The van der Waals surface area contributed by atoms with Gasteiger partial charge in [0, 0.05) is 48.9 Å². The number of amides is 2. The Bertz CT molecular complexity index is 1990. The highest BCUT2D eigenvalue weighted by molar-refractivity contribution is 5.95. The lowest BCUT2D eigenvalue weighted by Crippen LogP contribution is -2.41. The Balaban J connectivity index is 1.06. The van der Waals surface area contributed by atoms with E-state index in [0.29, 0.717) is 35.8 Å². The van der Waals surface area contributed by atoms with Crippen LogP contribution in [-0.2, 0) is 16.9 Å². The minimum absolute atomic E-state index is 0.0265. The van der Waals surface area contributed by atoms with Crippen molar-refractivity contribution < 1.29 is 27.8 Å². The summed E-state index contributed by atoms with van der Waals surface area (Å²) in [5, 5.41) is 7.09. The summed E-state index contributed by atoms with van der Waals surface area (Å²) in [7, 11) is 0. The maximum Gasteiger partial charge on any atom is 0.408 e. The minimum atomic E-state index is -0.899. The Labute approximate surface area is 280 Å². The lowest BCUT2D eigenvalue weighted by Gasteiger charge is -2.27. The number of piperidine rings is 1. The van der Waals surface area contributed by atoms with Crippen molar-refractivity contribution in [1.82, 2.24) is 34.9 Å². The van der Waals surface area contributed by atoms with E-state index in [4.69, 9.17) is 14.5 Å². The molecule has 3 aromatic heterocycles. The predicted octanol–water partition coefficient (Wildman–Crippen LogP) is 5.62. The van der Waals surface area contributed by atoms with Crippen LogP contribution in [0.3, 0.4) is 0 Å². The molecule has 1 saturated carbocycles. The lowest BCUT2D eigenvalue weighted by molar-refractivity contribution is 0.0745. The van der Waals surface area contributed by atoms with E-state index in [-0.39, 0.29) is 47.6 Å². The van der Waals surface area contributed by atoms with Crippen LogP contribution < -0.4 is 10.1 Å². The van der Waals surface area contributed by atoms with Crippen molar-refractivity contribution in [3.8, 4) is 23.1 Å². The zero-order chi connectivity index (χ0) is 34.3. The molecule has 3 atom stereocenters. The molecule has 0 spiro atoms. The number of ether oxygens (including phenoxy) is 2. The molecule has 1 aliphatic heterocycles. The highest BCUT2D eigenvalue weighted by atomic mass is 19.1. The van der Waals surface area contributed by atoms with E-state index in [0.717, 1.165) is 10.2 Å². The number of pyridine rings is 1. The molecule has 1 N–H and O–H groups in total. The zero-order valence-electron chi connectivity index (χ0n) is 27.0. The fourth-order valence-electron chi connectivity index (χ4n) is 6.17. The number of carbonyl (C=O) groups is 2. The molecule has 1 aliphatic carbocycles. The molecule has 5 aromatic rings. The number of hydrogen-bond acceptors (Lipinski definition) is 8. The molecule has 4 heterocycles. The van der Waals surface area contributed by atoms with E-state index in [2.05, 4.69) is 20.4 Å². The normalized spacial score (nSPS) is 18.1. The SMILES string of the molecule is Cc1nn(-c2ncccn2)c(F)c1C(=O)N1C[C@@H]2[C@H](C1)[C@H]2Oc1cc(C(C)(C)NC(=O)OCc2ccccc2)cc(-c2ccc(F)cc2)n1. The van der Waals surface area contributed by atoms with Gasteiger partial charge in [0.1, 0.15) is 24.1 Å². The number of likely N-dealkylation sites (tertiary alicyclic amines) is 1. The molecule has 11 nitrogen and oxygen atoms in total. The van der Waals surface area contributed by atoms with Crippen LogP contribution in [-0.4, -0.2) is 60.8 Å². The molecule has 2 aliphatic rings. The Hall–Kier alpha value is -5.72. The van der Waals surface area contributed by atoms with Crippen LogP contribution in [0.5, 0.6) is 5.88 Å². The first-order valence-electron chi connectivity index (χ1n) is 15.8. The van der Waals surface area contributed by atoms with Crippen LogP contribution in [0.1, 0.15) is 41.0 Å². The quantitative estimate of drug-likeness (QED) is 0.215. The number of rotatable bonds is 9. The van der Waals surface area contributed by atoms with Crippen molar-refractivity contribution in [2.75, 3.05) is 13.1 Å². The number of hydrogen-bond donors (Lipinski definition) is 1. The summed E-state index contributed by atoms with van der Waals surface area (Å²) in [6.07, 6.45) is 2.14. The van der Waals surface area contributed by atoms with Gasteiger partial charge in [-0.15, -0.1) is 0 Å². The number of aryl methyl sites for hydroxylation is 1. The van der Waals surface area contributed by atoms with Gasteiger partial charge in [0.2, 0.25) is 11.8 Å². The van der Waals surface area contributed by atoms with Gasteiger partial charge in [-0.3, -0.25) is 4.79 Å². The number of halogens is 2. The third-order valence-corrected chi connectivity index (χ3v) is 8.91. The first-order chi connectivity index (χ1) is 23.6. The first kappa shape index (κ1) is 31.9.